The average molecular weight is 462 g/mol. The molecule has 170 valence electrons. The van der Waals surface area contributed by atoms with Crippen molar-refractivity contribution in [2.45, 2.75) is 60.8 Å². The summed E-state index contributed by atoms with van der Waals surface area (Å²) in [4.78, 5) is 13.4. The van der Waals surface area contributed by atoms with Gasteiger partial charge in [-0.25, -0.2) is 19.3 Å². The van der Waals surface area contributed by atoms with Crippen LogP contribution in [0.5, 0.6) is 0 Å². The van der Waals surface area contributed by atoms with Crippen LogP contribution >= 0.6 is 11.8 Å². The van der Waals surface area contributed by atoms with Gasteiger partial charge in [-0.1, -0.05) is 12.1 Å². The molecule has 1 aliphatic heterocycles. The number of fused-ring (bicyclic) bond motifs is 1. The van der Waals surface area contributed by atoms with Crippen LogP contribution in [0.2, 0.25) is 0 Å². The summed E-state index contributed by atoms with van der Waals surface area (Å²) in [6, 6.07) is 6.28. The molecule has 4 N–H and O–H groups in total. The second-order valence-corrected chi connectivity index (χ2v) is 9.14. The summed E-state index contributed by atoms with van der Waals surface area (Å²) in [6.07, 6.45) is 0.990. The fraction of sp³-hybridized carbons (Fsp3) is 0.476. The molecule has 0 spiro atoms. The normalized spacial score (nSPS) is 30.2. The van der Waals surface area contributed by atoms with E-state index in [1.165, 1.54) is 30.5 Å². The number of aliphatic hydroxyl groups excluding tert-OH is 3. The molecule has 1 aromatic carbocycles. The van der Waals surface area contributed by atoms with Gasteiger partial charge in [0.2, 0.25) is 0 Å². The smallest absolute Gasteiger partial charge is 0.167 e. The summed E-state index contributed by atoms with van der Waals surface area (Å²) in [5.74, 6) is 0.426. The van der Waals surface area contributed by atoms with Gasteiger partial charge in [-0.2, -0.15) is 0 Å². The number of hydrogen-bond acceptors (Lipinski definition) is 9. The minimum atomic E-state index is -1.21. The Morgan fingerprint density at radius 1 is 1.12 bits per heavy atom. The fourth-order valence-corrected chi connectivity index (χ4v) is 5.26. The van der Waals surface area contributed by atoms with Gasteiger partial charge in [0, 0.05) is 10.6 Å². The van der Waals surface area contributed by atoms with Crippen LogP contribution in [-0.2, 0) is 4.74 Å². The first-order chi connectivity index (χ1) is 15.5. The van der Waals surface area contributed by atoms with Crippen LogP contribution in [0.3, 0.4) is 0 Å². The second kappa shape index (κ2) is 8.91. The molecular formula is C21H24FN5O4S. The third-order valence-electron chi connectivity index (χ3n) is 6.01. The molecule has 0 bridgehead atoms. The quantitative estimate of drug-likeness (QED) is 0.406. The molecule has 1 aliphatic carbocycles. The Balaban J connectivity index is 1.34. The lowest BCUT2D eigenvalue weighted by Gasteiger charge is -2.18. The van der Waals surface area contributed by atoms with E-state index in [0.717, 1.165) is 19.3 Å². The maximum atomic E-state index is 13.9. The van der Waals surface area contributed by atoms with E-state index in [1.54, 1.807) is 22.8 Å². The van der Waals surface area contributed by atoms with Crippen molar-refractivity contribution in [1.82, 2.24) is 19.5 Å². The van der Waals surface area contributed by atoms with Crippen molar-refractivity contribution in [3.8, 4) is 0 Å². The fourth-order valence-electron chi connectivity index (χ4n) is 4.26. The zero-order valence-electron chi connectivity index (χ0n) is 17.1. The number of imidazole rings is 1. The molecular weight excluding hydrogens is 437 g/mol. The zero-order valence-corrected chi connectivity index (χ0v) is 17.9. The van der Waals surface area contributed by atoms with Crippen LogP contribution in [0.4, 0.5) is 10.2 Å². The summed E-state index contributed by atoms with van der Waals surface area (Å²) in [7, 11) is 0. The van der Waals surface area contributed by atoms with Crippen LogP contribution in [0.15, 0.2) is 41.8 Å². The van der Waals surface area contributed by atoms with Crippen molar-refractivity contribution < 1.29 is 24.4 Å². The molecule has 1 unspecified atom stereocenters. The van der Waals surface area contributed by atoms with Gasteiger partial charge in [0.25, 0.3) is 0 Å². The van der Waals surface area contributed by atoms with Crippen LogP contribution in [0.25, 0.3) is 11.2 Å². The summed E-state index contributed by atoms with van der Waals surface area (Å²) >= 11 is 1.22. The van der Waals surface area contributed by atoms with Gasteiger partial charge in [-0.3, -0.25) is 4.57 Å². The minimum absolute atomic E-state index is 0.104. The van der Waals surface area contributed by atoms with E-state index in [2.05, 4.69) is 20.3 Å². The number of halogens is 1. The SMILES string of the molecule is O[C@@H]1[C@@H](CSc2ccccc2F)OC(n2cnc3c(N[C@@H]4CCC[C@@H]4O)ncnc32)[C@@H]1O. The van der Waals surface area contributed by atoms with Gasteiger partial charge in [0.15, 0.2) is 23.2 Å². The van der Waals surface area contributed by atoms with Crippen LogP contribution in [0.1, 0.15) is 25.5 Å². The van der Waals surface area contributed by atoms with E-state index in [9.17, 15) is 19.7 Å². The highest BCUT2D eigenvalue weighted by atomic mass is 32.2. The highest BCUT2D eigenvalue weighted by molar-refractivity contribution is 7.99. The molecule has 2 aromatic heterocycles. The molecule has 1 saturated carbocycles. The van der Waals surface area contributed by atoms with Crippen molar-refractivity contribution in [3.05, 3.63) is 42.7 Å². The first-order valence-corrected chi connectivity index (χ1v) is 11.5. The Morgan fingerprint density at radius 2 is 1.97 bits per heavy atom. The van der Waals surface area contributed by atoms with Crippen molar-refractivity contribution in [2.24, 2.45) is 0 Å². The third-order valence-corrected chi connectivity index (χ3v) is 7.15. The van der Waals surface area contributed by atoms with Crippen molar-refractivity contribution >= 4 is 28.7 Å². The number of ether oxygens (including phenoxy) is 1. The van der Waals surface area contributed by atoms with Crippen LogP contribution in [-0.4, -0.2) is 71.0 Å². The highest BCUT2D eigenvalue weighted by Gasteiger charge is 2.44. The monoisotopic (exact) mass is 461 g/mol. The summed E-state index contributed by atoms with van der Waals surface area (Å²) in [6.45, 7) is 0. The van der Waals surface area contributed by atoms with Gasteiger partial charge in [0.05, 0.1) is 24.6 Å². The Kier molecular flexibility index (Phi) is 5.99. The molecule has 5 rings (SSSR count). The maximum Gasteiger partial charge on any atom is 0.167 e. The molecule has 2 fully saturated rings. The Bertz CT molecular complexity index is 1100. The lowest BCUT2D eigenvalue weighted by molar-refractivity contribution is -0.0289. The minimum Gasteiger partial charge on any atom is -0.391 e. The lowest BCUT2D eigenvalue weighted by Crippen LogP contribution is -2.32. The lowest BCUT2D eigenvalue weighted by atomic mass is 10.1. The Morgan fingerprint density at radius 3 is 2.75 bits per heavy atom. The number of hydrogen-bond donors (Lipinski definition) is 4. The van der Waals surface area contributed by atoms with Crippen molar-refractivity contribution in [1.29, 1.82) is 0 Å². The largest absolute Gasteiger partial charge is 0.391 e. The summed E-state index contributed by atoms with van der Waals surface area (Å²) in [5.41, 5.74) is 0.926. The molecule has 11 heteroatoms. The van der Waals surface area contributed by atoms with Crippen molar-refractivity contribution in [2.75, 3.05) is 11.1 Å². The van der Waals surface area contributed by atoms with E-state index < -0.39 is 30.6 Å². The molecule has 6 atom stereocenters. The van der Waals surface area contributed by atoms with E-state index >= 15 is 0 Å². The molecule has 1 saturated heterocycles. The van der Waals surface area contributed by atoms with Crippen LogP contribution < -0.4 is 5.32 Å². The van der Waals surface area contributed by atoms with Gasteiger partial charge in [-0.15, -0.1) is 11.8 Å². The number of aromatic nitrogens is 4. The molecule has 2 aliphatic rings. The van der Waals surface area contributed by atoms with Gasteiger partial charge in [-0.05, 0) is 31.4 Å². The van der Waals surface area contributed by atoms with Gasteiger partial charge < -0.3 is 25.4 Å². The number of nitrogens with zero attached hydrogens (tertiary/aromatic N) is 4. The van der Waals surface area contributed by atoms with Crippen LogP contribution in [0, 0.1) is 5.82 Å². The number of aliphatic hydroxyl groups is 3. The first kappa shape index (κ1) is 21.5. The molecule has 3 aromatic rings. The zero-order chi connectivity index (χ0) is 22.2. The van der Waals surface area contributed by atoms with E-state index in [1.807, 2.05) is 0 Å². The van der Waals surface area contributed by atoms with E-state index in [-0.39, 0.29) is 17.6 Å². The second-order valence-electron chi connectivity index (χ2n) is 8.08. The molecule has 3 heterocycles. The summed E-state index contributed by atoms with van der Waals surface area (Å²) < 4.78 is 21.4. The standard InChI is InChI=1S/C21H24FN5O4S/c22-11-4-1-2-7-15(11)32-8-14-17(29)18(30)21(31-14)27-10-25-16-19(23-9-24-20(16)27)26-12-5-3-6-13(12)28/h1-2,4,7,9-10,12-14,17-18,21,28-30H,3,5-6,8H2,(H,23,24,26)/t12-,13+,14-,17-,18-,21?/m1/s1. The molecule has 0 radical (unpaired) electrons. The van der Waals surface area contributed by atoms with E-state index in [4.69, 9.17) is 4.74 Å². The maximum absolute atomic E-state index is 13.9. The first-order valence-electron chi connectivity index (χ1n) is 10.5. The summed E-state index contributed by atoms with van der Waals surface area (Å²) in [5, 5.41) is 34.5. The number of anilines is 1. The third kappa shape index (κ3) is 3.95. The number of benzene rings is 1. The molecule has 32 heavy (non-hydrogen) atoms. The van der Waals surface area contributed by atoms with Crippen molar-refractivity contribution in [3.63, 3.8) is 0 Å². The number of rotatable bonds is 6. The topological polar surface area (TPSA) is 126 Å². The van der Waals surface area contributed by atoms with Gasteiger partial charge >= 0.3 is 0 Å². The number of nitrogens with one attached hydrogen (secondary N) is 1. The highest BCUT2D eigenvalue weighted by Crippen LogP contribution is 2.35. The molecule has 9 nitrogen and oxygen atoms in total. The Labute approximate surface area is 187 Å². The Hall–Kier alpha value is -2.31. The molecule has 0 amide bonds. The predicted octanol–water partition coefficient (Wildman–Crippen LogP) is 1.70. The average Bonchev–Trinajstić information content (AvgIpc) is 3.47. The van der Waals surface area contributed by atoms with Gasteiger partial charge in [0.1, 0.15) is 24.4 Å². The van der Waals surface area contributed by atoms with E-state index in [0.29, 0.717) is 21.9 Å². The predicted molar refractivity (Wildman–Crippen MR) is 116 cm³/mol. The number of thioether (sulfide) groups is 1.